The van der Waals surface area contributed by atoms with E-state index in [-0.39, 0.29) is 11.0 Å². The number of anilines is 1. The summed E-state index contributed by atoms with van der Waals surface area (Å²) >= 11 is 2.99. The van der Waals surface area contributed by atoms with E-state index in [4.69, 9.17) is 5.73 Å². The maximum Gasteiger partial charge on any atom is 0.419 e. The van der Waals surface area contributed by atoms with Crippen molar-refractivity contribution in [2.45, 2.75) is 11.5 Å². The molecule has 6 heteroatoms. The van der Waals surface area contributed by atoms with Crippen molar-refractivity contribution in [1.29, 1.82) is 0 Å². The zero-order valence-corrected chi connectivity index (χ0v) is 8.41. The van der Waals surface area contributed by atoms with E-state index in [0.717, 1.165) is 6.07 Å². The number of halogens is 5. The van der Waals surface area contributed by atoms with E-state index in [9.17, 15) is 17.6 Å². The number of hydrogen-bond acceptors (Lipinski definition) is 1. The number of nitrogen functional groups attached to an aromatic ring is 1. The normalized spacial score (nSPS) is 11.8. The van der Waals surface area contributed by atoms with Gasteiger partial charge in [-0.3, -0.25) is 0 Å². The van der Waals surface area contributed by atoms with Crippen LogP contribution in [-0.4, -0.2) is 0 Å². The molecule has 0 bridgehead atoms. The Hall–Kier alpha value is -0.780. The number of alkyl halides is 4. The van der Waals surface area contributed by atoms with Crippen LogP contribution in [0.3, 0.4) is 0 Å². The largest absolute Gasteiger partial charge is 0.419 e. The summed E-state index contributed by atoms with van der Waals surface area (Å²) in [6.07, 6.45) is -4.71. The van der Waals surface area contributed by atoms with Crippen molar-refractivity contribution in [3.8, 4) is 0 Å². The molecule has 1 aromatic rings. The predicted molar refractivity (Wildman–Crippen MR) is 48.4 cm³/mol. The van der Waals surface area contributed by atoms with Gasteiger partial charge in [0.1, 0.15) is 5.82 Å². The van der Waals surface area contributed by atoms with Gasteiger partial charge in [0.15, 0.2) is 0 Å². The van der Waals surface area contributed by atoms with Crippen molar-refractivity contribution < 1.29 is 17.6 Å². The molecule has 0 atom stereocenters. The van der Waals surface area contributed by atoms with Gasteiger partial charge in [-0.25, -0.2) is 4.39 Å². The molecular formula is C8H6BrF4N. The van der Waals surface area contributed by atoms with Gasteiger partial charge in [0.05, 0.1) is 5.56 Å². The van der Waals surface area contributed by atoms with E-state index >= 15 is 0 Å². The van der Waals surface area contributed by atoms with Crippen molar-refractivity contribution >= 4 is 21.6 Å². The van der Waals surface area contributed by atoms with Crippen LogP contribution in [0.4, 0.5) is 23.2 Å². The molecule has 0 aromatic heterocycles. The lowest BCUT2D eigenvalue weighted by Crippen LogP contribution is -2.10. The third-order valence-corrected chi connectivity index (χ3v) is 2.28. The van der Waals surface area contributed by atoms with E-state index in [1.165, 1.54) is 0 Å². The summed E-state index contributed by atoms with van der Waals surface area (Å²) in [6.45, 7) is 0. The molecule has 0 radical (unpaired) electrons. The van der Waals surface area contributed by atoms with Crippen LogP contribution in [0.15, 0.2) is 12.1 Å². The quantitative estimate of drug-likeness (QED) is 0.473. The Morgan fingerprint density at radius 1 is 1.29 bits per heavy atom. The van der Waals surface area contributed by atoms with Gasteiger partial charge in [0, 0.05) is 11.0 Å². The first kappa shape index (κ1) is 11.3. The highest BCUT2D eigenvalue weighted by Crippen LogP contribution is 2.34. The maximum atomic E-state index is 12.9. The minimum atomic E-state index is -4.71. The molecule has 0 aliphatic heterocycles. The zero-order chi connectivity index (χ0) is 10.9. The molecular weight excluding hydrogens is 266 g/mol. The second-order valence-electron chi connectivity index (χ2n) is 2.66. The molecule has 0 heterocycles. The van der Waals surface area contributed by atoms with Crippen LogP contribution in [0.5, 0.6) is 0 Å². The lowest BCUT2D eigenvalue weighted by molar-refractivity contribution is -0.139. The summed E-state index contributed by atoms with van der Waals surface area (Å²) in [4.78, 5) is 0. The number of hydrogen-bond donors (Lipinski definition) is 1. The number of rotatable bonds is 1. The monoisotopic (exact) mass is 271 g/mol. The second kappa shape index (κ2) is 3.76. The molecule has 1 nitrogen and oxygen atoms in total. The van der Waals surface area contributed by atoms with Gasteiger partial charge in [-0.15, -0.1) is 0 Å². The summed E-state index contributed by atoms with van der Waals surface area (Å²) in [5.74, 6) is -1.30. The highest BCUT2D eigenvalue weighted by atomic mass is 79.9. The number of benzene rings is 1. The smallest absolute Gasteiger partial charge is 0.398 e. The topological polar surface area (TPSA) is 26.0 Å². The molecule has 78 valence electrons. The maximum absolute atomic E-state index is 12.9. The van der Waals surface area contributed by atoms with Crippen molar-refractivity contribution in [1.82, 2.24) is 0 Å². The Labute approximate surface area is 86.0 Å². The van der Waals surface area contributed by atoms with Gasteiger partial charge >= 0.3 is 6.18 Å². The van der Waals surface area contributed by atoms with Crippen molar-refractivity contribution in [2.75, 3.05) is 5.73 Å². The SMILES string of the molecule is Nc1cc(C(F)(F)F)c(F)cc1CBr. The third kappa shape index (κ3) is 2.17. The minimum Gasteiger partial charge on any atom is -0.398 e. The highest BCUT2D eigenvalue weighted by molar-refractivity contribution is 9.08. The molecule has 14 heavy (non-hydrogen) atoms. The Bertz CT molecular complexity index is 348. The fourth-order valence-electron chi connectivity index (χ4n) is 0.964. The minimum absolute atomic E-state index is 0.0735. The molecule has 0 saturated carbocycles. The summed E-state index contributed by atoms with van der Waals surface area (Å²) in [6, 6.07) is 1.39. The van der Waals surface area contributed by atoms with Crippen LogP contribution >= 0.6 is 15.9 Å². The van der Waals surface area contributed by atoms with Crippen LogP contribution in [-0.2, 0) is 11.5 Å². The fourth-order valence-corrected chi connectivity index (χ4v) is 1.45. The zero-order valence-electron chi connectivity index (χ0n) is 6.83. The Balaban J connectivity index is 3.29. The third-order valence-electron chi connectivity index (χ3n) is 1.68. The van der Waals surface area contributed by atoms with Gasteiger partial charge in [0.2, 0.25) is 0 Å². The molecule has 0 unspecified atom stereocenters. The molecule has 1 aromatic carbocycles. The van der Waals surface area contributed by atoms with E-state index in [0.29, 0.717) is 11.6 Å². The van der Waals surface area contributed by atoms with Crippen molar-refractivity contribution in [2.24, 2.45) is 0 Å². The summed E-state index contributed by atoms with van der Waals surface area (Å²) in [5, 5.41) is 0.216. The molecule has 2 N–H and O–H groups in total. The van der Waals surface area contributed by atoms with Gasteiger partial charge in [-0.1, -0.05) is 15.9 Å². The van der Waals surface area contributed by atoms with Gasteiger partial charge in [-0.05, 0) is 17.7 Å². The van der Waals surface area contributed by atoms with Crippen LogP contribution in [0.25, 0.3) is 0 Å². The first-order valence-electron chi connectivity index (χ1n) is 3.57. The van der Waals surface area contributed by atoms with Crippen molar-refractivity contribution in [3.63, 3.8) is 0 Å². The summed E-state index contributed by atoms with van der Waals surface area (Å²) in [7, 11) is 0. The first-order chi connectivity index (χ1) is 6.36. The van der Waals surface area contributed by atoms with Crippen LogP contribution < -0.4 is 5.73 Å². The van der Waals surface area contributed by atoms with Gasteiger partial charge in [-0.2, -0.15) is 13.2 Å². The second-order valence-corrected chi connectivity index (χ2v) is 3.22. The first-order valence-corrected chi connectivity index (χ1v) is 4.69. The molecule has 1 rings (SSSR count). The average Bonchev–Trinajstić information content (AvgIpc) is 2.06. The Kier molecular flexibility index (Phi) is 3.04. The van der Waals surface area contributed by atoms with Gasteiger partial charge in [0.25, 0.3) is 0 Å². The highest BCUT2D eigenvalue weighted by Gasteiger charge is 2.34. The standard InChI is InChI=1S/C8H6BrF4N/c9-3-4-1-6(10)5(2-7(4)14)8(11,12)13/h1-2H,3,14H2. The van der Waals surface area contributed by atoms with Crippen LogP contribution in [0.2, 0.25) is 0 Å². The molecule has 0 spiro atoms. The average molecular weight is 272 g/mol. The Morgan fingerprint density at radius 3 is 2.29 bits per heavy atom. The van der Waals surface area contributed by atoms with Gasteiger partial charge < -0.3 is 5.73 Å². The predicted octanol–water partition coefficient (Wildman–Crippen LogP) is 3.32. The summed E-state index contributed by atoms with van der Waals surface area (Å²) < 4.78 is 49.4. The molecule has 0 saturated heterocycles. The Morgan fingerprint density at radius 2 is 1.86 bits per heavy atom. The van der Waals surface area contributed by atoms with Crippen LogP contribution in [0, 0.1) is 5.82 Å². The number of nitrogens with two attached hydrogens (primary N) is 1. The van der Waals surface area contributed by atoms with Crippen molar-refractivity contribution in [3.05, 3.63) is 29.1 Å². The van der Waals surface area contributed by atoms with E-state index in [1.807, 2.05) is 0 Å². The van der Waals surface area contributed by atoms with E-state index in [2.05, 4.69) is 15.9 Å². The summed E-state index contributed by atoms with van der Waals surface area (Å²) in [5.41, 5.74) is 4.20. The fraction of sp³-hybridized carbons (Fsp3) is 0.250. The molecule has 0 fully saturated rings. The lowest BCUT2D eigenvalue weighted by Gasteiger charge is -2.10. The van der Waals surface area contributed by atoms with E-state index < -0.39 is 17.6 Å². The van der Waals surface area contributed by atoms with Crippen LogP contribution in [0.1, 0.15) is 11.1 Å². The molecule has 0 aliphatic carbocycles. The molecule has 0 aliphatic rings. The van der Waals surface area contributed by atoms with E-state index in [1.54, 1.807) is 0 Å². The molecule has 0 amide bonds. The lowest BCUT2D eigenvalue weighted by atomic mass is 10.1.